The molecule has 0 bridgehead atoms. The second-order valence-corrected chi connectivity index (χ2v) is 7.65. The fraction of sp³-hybridized carbons (Fsp3) is 0.0952. The number of pyridine rings is 1. The van der Waals surface area contributed by atoms with Crippen LogP contribution in [0.3, 0.4) is 0 Å². The molecule has 0 saturated heterocycles. The summed E-state index contributed by atoms with van der Waals surface area (Å²) in [5.74, 6) is 0.906. The van der Waals surface area contributed by atoms with Crippen molar-refractivity contribution in [1.29, 1.82) is 0 Å². The van der Waals surface area contributed by atoms with E-state index in [1.54, 1.807) is 30.3 Å². The van der Waals surface area contributed by atoms with Crippen LogP contribution in [0.1, 0.15) is 5.56 Å². The maximum atomic E-state index is 12.0. The number of ether oxygens (including phenoxy) is 2. The van der Waals surface area contributed by atoms with Gasteiger partial charge >= 0.3 is 0 Å². The Bertz CT molecular complexity index is 1120. The quantitative estimate of drug-likeness (QED) is 0.208. The van der Waals surface area contributed by atoms with E-state index in [0.29, 0.717) is 22.1 Å². The van der Waals surface area contributed by atoms with Crippen molar-refractivity contribution < 1.29 is 19.2 Å². The Kier molecular flexibility index (Phi) is 8.01. The highest BCUT2D eigenvalue weighted by Crippen LogP contribution is 2.31. The minimum Gasteiger partial charge on any atom is -0.493 e. The molecule has 0 radical (unpaired) electrons. The van der Waals surface area contributed by atoms with Crippen LogP contribution < -0.4 is 14.9 Å². The minimum absolute atomic E-state index is 0.135. The van der Waals surface area contributed by atoms with Gasteiger partial charge in [0.1, 0.15) is 6.20 Å². The number of rotatable bonds is 9. The second kappa shape index (κ2) is 11.1. The summed E-state index contributed by atoms with van der Waals surface area (Å²) in [6, 6.07) is 14.9. The Balaban J connectivity index is 1.56. The Labute approximate surface area is 192 Å². The molecule has 3 rings (SSSR count). The smallest absolute Gasteiger partial charge is 0.287 e. The lowest BCUT2D eigenvalue weighted by Gasteiger charge is -2.10. The molecule has 0 fully saturated rings. The molecule has 164 valence electrons. The highest BCUT2D eigenvalue weighted by Gasteiger charge is 2.10. The van der Waals surface area contributed by atoms with Gasteiger partial charge in [0.05, 0.1) is 24.0 Å². The van der Waals surface area contributed by atoms with Crippen LogP contribution in [0, 0.1) is 10.1 Å². The number of hydrogen-bond donors (Lipinski definition) is 1. The summed E-state index contributed by atoms with van der Waals surface area (Å²) in [6.07, 6.45) is 2.58. The van der Waals surface area contributed by atoms with E-state index in [4.69, 9.17) is 21.1 Å². The molecular formula is C21H17ClN4O5S. The zero-order chi connectivity index (χ0) is 22.9. The predicted octanol–water partition coefficient (Wildman–Crippen LogP) is 4.69. The van der Waals surface area contributed by atoms with Crippen molar-refractivity contribution in [3.8, 4) is 17.4 Å². The number of halogens is 1. The zero-order valence-corrected chi connectivity index (χ0v) is 18.3. The highest BCUT2D eigenvalue weighted by molar-refractivity contribution is 8.00. The molecule has 0 spiro atoms. The monoisotopic (exact) mass is 472 g/mol. The molecule has 32 heavy (non-hydrogen) atoms. The summed E-state index contributed by atoms with van der Waals surface area (Å²) in [7, 11) is 1.47. The van der Waals surface area contributed by atoms with E-state index < -0.39 is 4.92 Å². The summed E-state index contributed by atoms with van der Waals surface area (Å²) in [4.78, 5) is 27.0. The standard InChI is InChI=1S/C21H17ClN4O5S/c1-30-19-10-14(2-8-18(19)31-21-9-5-16(12-23-21)26(28)29)11-24-25-20(27)13-32-17-6-3-15(22)4-7-17/h2-12H,13H2,1H3,(H,25,27)/b24-11-. The van der Waals surface area contributed by atoms with Gasteiger partial charge in [0, 0.05) is 22.1 Å². The highest BCUT2D eigenvalue weighted by atomic mass is 35.5. The predicted molar refractivity (Wildman–Crippen MR) is 122 cm³/mol. The van der Waals surface area contributed by atoms with E-state index in [0.717, 1.165) is 11.1 Å². The number of amides is 1. The third kappa shape index (κ3) is 6.69. The van der Waals surface area contributed by atoms with Crippen LogP contribution in [0.4, 0.5) is 5.69 Å². The molecule has 0 atom stereocenters. The average Bonchev–Trinajstić information content (AvgIpc) is 2.80. The molecule has 3 aromatic rings. The molecule has 11 heteroatoms. The summed E-state index contributed by atoms with van der Waals surface area (Å²) < 4.78 is 11.0. The van der Waals surface area contributed by atoms with Crippen molar-refractivity contribution in [2.45, 2.75) is 4.90 Å². The van der Waals surface area contributed by atoms with E-state index in [9.17, 15) is 14.9 Å². The van der Waals surface area contributed by atoms with Crippen molar-refractivity contribution >= 4 is 41.2 Å². The summed E-state index contributed by atoms with van der Waals surface area (Å²) >= 11 is 7.21. The number of aromatic nitrogens is 1. The summed E-state index contributed by atoms with van der Waals surface area (Å²) in [5.41, 5.74) is 2.99. The number of hydrogen-bond acceptors (Lipinski definition) is 8. The number of methoxy groups -OCH3 is 1. The SMILES string of the molecule is COc1cc(/C=N\NC(=O)CSc2ccc(Cl)cc2)ccc1Oc1ccc([N+](=O)[O-])cn1. The molecule has 1 N–H and O–H groups in total. The van der Waals surface area contributed by atoms with Crippen molar-refractivity contribution in [3.63, 3.8) is 0 Å². The second-order valence-electron chi connectivity index (χ2n) is 6.16. The fourth-order valence-electron chi connectivity index (χ4n) is 2.39. The number of thioether (sulfide) groups is 1. The van der Waals surface area contributed by atoms with Crippen LogP contribution in [0.15, 0.2) is 70.8 Å². The zero-order valence-electron chi connectivity index (χ0n) is 16.7. The number of benzene rings is 2. The van der Waals surface area contributed by atoms with Crippen molar-refractivity contribution in [1.82, 2.24) is 10.4 Å². The van der Waals surface area contributed by atoms with Gasteiger partial charge in [-0.15, -0.1) is 11.8 Å². The maximum absolute atomic E-state index is 12.0. The first kappa shape index (κ1) is 23.0. The third-order valence-corrected chi connectivity index (χ3v) is 5.18. The van der Waals surface area contributed by atoms with Crippen LogP contribution in [0.25, 0.3) is 0 Å². The van der Waals surface area contributed by atoms with Crippen molar-refractivity contribution in [2.24, 2.45) is 5.10 Å². The molecule has 0 unspecified atom stereocenters. The molecule has 0 saturated carbocycles. The van der Waals surface area contributed by atoms with Gasteiger partial charge in [0.25, 0.3) is 5.69 Å². The van der Waals surface area contributed by atoms with Crippen LogP contribution in [0.5, 0.6) is 17.4 Å². The minimum atomic E-state index is -0.541. The Morgan fingerprint density at radius 1 is 1.22 bits per heavy atom. The van der Waals surface area contributed by atoms with Gasteiger partial charge in [-0.05, 0) is 48.0 Å². The van der Waals surface area contributed by atoms with Gasteiger partial charge in [0.2, 0.25) is 11.8 Å². The normalized spacial score (nSPS) is 10.7. The molecule has 9 nitrogen and oxygen atoms in total. The van der Waals surface area contributed by atoms with Crippen LogP contribution in [-0.4, -0.2) is 34.9 Å². The fourth-order valence-corrected chi connectivity index (χ4v) is 3.21. The molecule has 1 aromatic heterocycles. The topological polar surface area (TPSA) is 116 Å². The molecule has 0 aliphatic rings. The first-order valence-corrected chi connectivity index (χ1v) is 10.5. The number of hydrazone groups is 1. The molecule has 1 heterocycles. The lowest BCUT2D eigenvalue weighted by molar-refractivity contribution is -0.385. The van der Waals surface area contributed by atoms with Gasteiger partial charge in [-0.3, -0.25) is 14.9 Å². The van der Waals surface area contributed by atoms with Gasteiger partial charge in [-0.2, -0.15) is 5.10 Å². The van der Waals surface area contributed by atoms with Gasteiger partial charge in [-0.25, -0.2) is 10.4 Å². The van der Waals surface area contributed by atoms with Crippen molar-refractivity contribution in [2.75, 3.05) is 12.9 Å². The average molecular weight is 473 g/mol. The van der Waals surface area contributed by atoms with E-state index in [1.807, 2.05) is 12.1 Å². The van der Waals surface area contributed by atoms with E-state index in [2.05, 4.69) is 15.5 Å². The first-order chi connectivity index (χ1) is 15.4. The summed E-state index contributed by atoms with van der Waals surface area (Å²) in [6.45, 7) is 0. The molecule has 2 aromatic carbocycles. The van der Waals surface area contributed by atoms with Gasteiger partial charge in [0.15, 0.2) is 11.5 Å². The number of nitrogens with one attached hydrogen (secondary N) is 1. The number of nitrogens with zero attached hydrogens (tertiary/aromatic N) is 3. The van der Waals surface area contributed by atoms with E-state index in [-0.39, 0.29) is 23.2 Å². The number of carbonyl (C=O) groups is 1. The Hall–Kier alpha value is -3.63. The third-order valence-electron chi connectivity index (χ3n) is 3.92. The molecule has 0 aliphatic heterocycles. The van der Waals surface area contributed by atoms with Crippen LogP contribution in [0.2, 0.25) is 5.02 Å². The largest absolute Gasteiger partial charge is 0.493 e. The maximum Gasteiger partial charge on any atom is 0.287 e. The Morgan fingerprint density at radius 3 is 2.66 bits per heavy atom. The first-order valence-electron chi connectivity index (χ1n) is 9.11. The van der Waals surface area contributed by atoms with Crippen LogP contribution in [-0.2, 0) is 4.79 Å². The summed E-state index contributed by atoms with van der Waals surface area (Å²) in [5, 5.41) is 15.3. The van der Waals surface area contributed by atoms with Gasteiger partial charge in [-0.1, -0.05) is 11.6 Å². The van der Waals surface area contributed by atoms with Crippen LogP contribution >= 0.6 is 23.4 Å². The van der Waals surface area contributed by atoms with Gasteiger partial charge < -0.3 is 9.47 Å². The Morgan fingerprint density at radius 2 is 2.00 bits per heavy atom. The molecular weight excluding hydrogens is 456 g/mol. The molecule has 0 aliphatic carbocycles. The lowest BCUT2D eigenvalue weighted by atomic mass is 10.2. The van der Waals surface area contributed by atoms with E-state index >= 15 is 0 Å². The van der Waals surface area contributed by atoms with E-state index in [1.165, 1.54) is 37.2 Å². The van der Waals surface area contributed by atoms with Crippen molar-refractivity contribution in [3.05, 3.63) is 81.5 Å². The molecule has 1 amide bonds. The lowest BCUT2D eigenvalue weighted by Crippen LogP contribution is -2.19. The number of carbonyl (C=O) groups excluding carboxylic acids is 1. The number of nitro groups is 1.